The lowest BCUT2D eigenvalue weighted by atomic mass is 9.76. The van der Waals surface area contributed by atoms with Crippen LogP contribution in [0.4, 0.5) is 8.78 Å². The molecule has 1 fully saturated rings. The van der Waals surface area contributed by atoms with Crippen molar-refractivity contribution < 1.29 is 13.5 Å². The van der Waals surface area contributed by atoms with Crippen LogP contribution in [0.2, 0.25) is 0 Å². The smallest absolute Gasteiger partial charge is 0.145 e. The molecular formula is C15H19BrF2O. The van der Waals surface area contributed by atoms with E-state index in [1.165, 1.54) is 12.1 Å². The van der Waals surface area contributed by atoms with E-state index >= 15 is 0 Å². The minimum atomic E-state index is -0.559. The van der Waals surface area contributed by atoms with E-state index in [0.29, 0.717) is 5.41 Å². The highest BCUT2D eigenvalue weighted by Crippen LogP contribution is 2.36. The average molecular weight is 333 g/mol. The van der Waals surface area contributed by atoms with Crippen LogP contribution in [0.1, 0.15) is 45.1 Å². The van der Waals surface area contributed by atoms with Gasteiger partial charge in [0.25, 0.3) is 0 Å². The maximum atomic E-state index is 13.8. The third-order valence-corrected chi connectivity index (χ3v) is 4.50. The van der Waals surface area contributed by atoms with Gasteiger partial charge in [-0.25, -0.2) is 8.78 Å². The van der Waals surface area contributed by atoms with E-state index in [1.807, 2.05) is 0 Å². The molecule has 0 atom stereocenters. The highest BCUT2D eigenvalue weighted by Gasteiger charge is 2.27. The van der Waals surface area contributed by atoms with Gasteiger partial charge in [0.15, 0.2) is 0 Å². The first-order valence-electron chi connectivity index (χ1n) is 6.63. The predicted octanol–water partition coefficient (Wildman–Crippen LogP) is 5.21. The van der Waals surface area contributed by atoms with Crippen LogP contribution < -0.4 is 0 Å². The minimum Gasteiger partial charge on any atom is -0.373 e. The van der Waals surface area contributed by atoms with Gasteiger partial charge in [-0.2, -0.15) is 0 Å². The molecule has 106 valence electrons. The van der Waals surface area contributed by atoms with Crippen molar-refractivity contribution in [3.63, 3.8) is 0 Å². The normalized spacial score (nSPS) is 19.6. The average Bonchev–Trinajstić information content (AvgIpc) is 2.36. The molecule has 1 aromatic rings. The fraction of sp³-hybridized carbons (Fsp3) is 0.600. The van der Waals surface area contributed by atoms with E-state index in [2.05, 4.69) is 29.8 Å². The van der Waals surface area contributed by atoms with Crippen LogP contribution in [0.15, 0.2) is 16.6 Å². The molecular weight excluding hydrogens is 314 g/mol. The maximum absolute atomic E-state index is 13.8. The van der Waals surface area contributed by atoms with E-state index < -0.39 is 11.6 Å². The van der Waals surface area contributed by atoms with E-state index in [-0.39, 0.29) is 22.7 Å². The van der Waals surface area contributed by atoms with Crippen LogP contribution in [0, 0.1) is 17.0 Å². The summed E-state index contributed by atoms with van der Waals surface area (Å²) < 4.78 is 33.3. The Labute approximate surface area is 121 Å². The van der Waals surface area contributed by atoms with Crippen molar-refractivity contribution in [2.75, 3.05) is 0 Å². The van der Waals surface area contributed by atoms with Crippen molar-refractivity contribution in [1.82, 2.24) is 0 Å². The quantitative estimate of drug-likeness (QED) is 0.690. The molecule has 1 aromatic carbocycles. The van der Waals surface area contributed by atoms with E-state index in [4.69, 9.17) is 4.74 Å². The molecule has 0 amide bonds. The van der Waals surface area contributed by atoms with Gasteiger partial charge < -0.3 is 4.74 Å². The Balaban J connectivity index is 1.95. The lowest BCUT2D eigenvalue weighted by Gasteiger charge is -2.34. The Hall–Kier alpha value is -0.480. The predicted molar refractivity (Wildman–Crippen MR) is 74.9 cm³/mol. The third-order valence-electron chi connectivity index (χ3n) is 3.89. The molecule has 1 nitrogen and oxygen atoms in total. The molecule has 0 saturated heterocycles. The largest absolute Gasteiger partial charge is 0.373 e. The zero-order chi connectivity index (χ0) is 14.0. The van der Waals surface area contributed by atoms with Crippen molar-refractivity contribution in [2.24, 2.45) is 5.41 Å². The first kappa shape index (κ1) is 14.9. The SMILES string of the molecule is CC1(C)CCC(OCc2c(F)ccc(Br)c2F)CC1. The number of rotatable bonds is 3. The standard InChI is InChI=1S/C15H19BrF2O/c1-15(2)7-5-10(6-8-15)19-9-11-13(17)4-3-12(16)14(11)18/h3-4,10H,5-9H2,1-2H3. The summed E-state index contributed by atoms with van der Waals surface area (Å²) in [6.45, 7) is 4.50. The lowest BCUT2D eigenvalue weighted by molar-refractivity contribution is -0.00772. The molecule has 2 rings (SSSR count). The Bertz CT molecular complexity index is 450. The second-order valence-corrected chi connectivity index (χ2v) is 6.85. The highest BCUT2D eigenvalue weighted by atomic mass is 79.9. The Kier molecular flexibility index (Phi) is 4.62. The highest BCUT2D eigenvalue weighted by molar-refractivity contribution is 9.10. The molecule has 0 aromatic heterocycles. The lowest BCUT2D eigenvalue weighted by Crippen LogP contribution is -2.26. The van der Waals surface area contributed by atoms with Crippen molar-refractivity contribution in [3.05, 3.63) is 33.8 Å². The Morgan fingerprint density at radius 2 is 1.89 bits per heavy atom. The summed E-state index contributed by atoms with van der Waals surface area (Å²) in [6, 6.07) is 2.63. The number of benzene rings is 1. The summed E-state index contributed by atoms with van der Waals surface area (Å²) in [7, 11) is 0. The van der Waals surface area contributed by atoms with Crippen molar-refractivity contribution >= 4 is 15.9 Å². The van der Waals surface area contributed by atoms with Gasteiger partial charge in [-0.3, -0.25) is 0 Å². The summed E-state index contributed by atoms with van der Waals surface area (Å²) in [5.74, 6) is -1.10. The van der Waals surface area contributed by atoms with E-state index in [1.54, 1.807) is 0 Å². The van der Waals surface area contributed by atoms with Gasteiger partial charge in [-0.1, -0.05) is 13.8 Å². The van der Waals surface area contributed by atoms with Crippen molar-refractivity contribution in [2.45, 2.75) is 52.2 Å². The molecule has 0 unspecified atom stereocenters. The monoisotopic (exact) mass is 332 g/mol. The summed E-state index contributed by atoms with van der Waals surface area (Å²) >= 11 is 3.06. The van der Waals surface area contributed by atoms with Crippen LogP contribution in [-0.4, -0.2) is 6.10 Å². The number of hydrogen-bond acceptors (Lipinski definition) is 1. The van der Waals surface area contributed by atoms with Crippen molar-refractivity contribution in [3.8, 4) is 0 Å². The second kappa shape index (κ2) is 5.88. The topological polar surface area (TPSA) is 9.23 Å². The first-order chi connectivity index (χ1) is 8.89. The molecule has 0 bridgehead atoms. The van der Waals surface area contributed by atoms with Crippen LogP contribution in [0.3, 0.4) is 0 Å². The van der Waals surface area contributed by atoms with Crippen LogP contribution >= 0.6 is 15.9 Å². The summed E-state index contributed by atoms with van der Waals surface area (Å²) in [5.41, 5.74) is 0.380. The molecule has 19 heavy (non-hydrogen) atoms. The van der Waals surface area contributed by atoms with Gasteiger partial charge in [0.1, 0.15) is 11.6 Å². The van der Waals surface area contributed by atoms with E-state index in [0.717, 1.165) is 25.7 Å². The number of hydrogen-bond donors (Lipinski definition) is 0. The second-order valence-electron chi connectivity index (χ2n) is 6.00. The molecule has 0 radical (unpaired) electrons. The molecule has 0 heterocycles. The number of halogens is 3. The molecule has 1 aliphatic carbocycles. The van der Waals surface area contributed by atoms with Gasteiger partial charge in [-0.15, -0.1) is 0 Å². The fourth-order valence-electron chi connectivity index (χ4n) is 2.44. The van der Waals surface area contributed by atoms with Gasteiger partial charge in [0, 0.05) is 0 Å². The fourth-order valence-corrected chi connectivity index (χ4v) is 2.81. The summed E-state index contributed by atoms with van der Waals surface area (Å²) in [4.78, 5) is 0. The van der Waals surface area contributed by atoms with Gasteiger partial charge in [-0.05, 0) is 59.2 Å². The molecule has 0 aliphatic heterocycles. The zero-order valence-corrected chi connectivity index (χ0v) is 12.9. The van der Waals surface area contributed by atoms with Crippen molar-refractivity contribution in [1.29, 1.82) is 0 Å². The molecule has 1 aliphatic rings. The van der Waals surface area contributed by atoms with Crippen LogP contribution in [0.25, 0.3) is 0 Å². The number of ether oxygens (including phenoxy) is 1. The molecule has 1 saturated carbocycles. The van der Waals surface area contributed by atoms with Gasteiger partial charge >= 0.3 is 0 Å². The molecule has 0 spiro atoms. The van der Waals surface area contributed by atoms with Gasteiger partial charge in [0.2, 0.25) is 0 Å². The first-order valence-corrected chi connectivity index (χ1v) is 7.42. The molecule has 4 heteroatoms. The maximum Gasteiger partial charge on any atom is 0.145 e. The Morgan fingerprint density at radius 1 is 1.26 bits per heavy atom. The third kappa shape index (κ3) is 3.76. The summed E-state index contributed by atoms with van der Waals surface area (Å²) in [5, 5.41) is 0. The summed E-state index contributed by atoms with van der Waals surface area (Å²) in [6.07, 6.45) is 4.24. The van der Waals surface area contributed by atoms with E-state index in [9.17, 15) is 8.78 Å². The van der Waals surface area contributed by atoms with Crippen LogP contribution in [-0.2, 0) is 11.3 Å². The minimum absolute atomic E-state index is 0.00218. The zero-order valence-electron chi connectivity index (χ0n) is 11.3. The van der Waals surface area contributed by atoms with Gasteiger partial charge in [0.05, 0.1) is 22.7 Å². The molecule has 0 N–H and O–H groups in total. The Morgan fingerprint density at radius 3 is 2.53 bits per heavy atom. The van der Waals surface area contributed by atoms with Crippen LogP contribution in [0.5, 0.6) is 0 Å².